The molecule has 0 saturated heterocycles. The molecule has 0 radical (unpaired) electrons. The van der Waals surface area contributed by atoms with Crippen LogP contribution in [0, 0.1) is 0 Å². The zero-order valence-corrected chi connectivity index (χ0v) is 16.1. The molecule has 0 aliphatic rings. The van der Waals surface area contributed by atoms with E-state index in [-0.39, 0.29) is 6.03 Å². The number of imide groups is 1. The zero-order valence-electron chi connectivity index (χ0n) is 16.1. The summed E-state index contributed by atoms with van der Waals surface area (Å²) in [6, 6.07) is -0.385. The number of hydrogen-bond acceptors (Lipinski definition) is 2. The fraction of sp³-hybridized carbons (Fsp3) is 0.895. The topological polar surface area (TPSA) is 60.9 Å². The predicted octanol–water partition coefficient (Wildman–Crippen LogP) is 5.74. The first-order valence-corrected chi connectivity index (χ1v) is 9.80. The van der Waals surface area contributed by atoms with Crippen LogP contribution in [0.2, 0.25) is 0 Å². The van der Waals surface area contributed by atoms with Gasteiger partial charge in [-0.15, -0.1) is 0 Å². The largest absolute Gasteiger partial charge is 0.465 e. The van der Waals surface area contributed by atoms with Crippen molar-refractivity contribution in [1.29, 1.82) is 0 Å². The number of carboxylic acid groups (broad SMARTS) is 1. The van der Waals surface area contributed by atoms with Crippen LogP contribution in [0.1, 0.15) is 90.9 Å². The Bertz CT molecular complexity index is 319. The Morgan fingerprint density at radius 2 is 1.08 bits per heavy atom. The molecule has 0 bridgehead atoms. The lowest BCUT2D eigenvalue weighted by molar-refractivity contribution is 0.136. The van der Waals surface area contributed by atoms with Gasteiger partial charge in [0.25, 0.3) is 0 Å². The van der Waals surface area contributed by atoms with Gasteiger partial charge in [-0.2, -0.15) is 0 Å². The molecule has 0 aromatic rings. The SMILES string of the molecule is CCCCCCCCN(CCCCCCCC)C(=O)N(C)C(=O)O. The number of amides is 3. The van der Waals surface area contributed by atoms with Crippen LogP contribution in [0.15, 0.2) is 0 Å². The Morgan fingerprint density at radius 1 is 0.708 bits per heavy atom. The monoisotopic (exact) mass is 342 g/mol. The number of carbonyl (C=O) groups is 2. The molecule has 24 heavy (non-hydrogen) atoms. The third-order valence-electron chi connectivity index (χ3n) is 4.41. The molecule has 5 heteroatoms. The minimum atomic E-state index is -1.18. The van der Waals surface area contributed by atoms with Crippen molar-refractivity contribution < 1.29 is 14.7 Å². The molecule has 0 rings (SSSR count). The Labute approximate surface area is 148 Å². The van der Waals surface area contributed by atoms with E-state index in [0.717, 1.165) is 30.6 Å². The molecule has 0 spiro atoms. The summed E-state index contributed by atoms with van der Waals surface area (Å²) in [7, 11) is 1.33. The molecule has 5 nitrogen and oxygen atoms in total. The van der Waals surface area contributed by atoms with Gasteiger partial charge in [0.15, 0.2) is 0 Å². The van der Waals surface area contributed by atoms with E-state index in [1.165, 1.54) is 58.4 Å². The molecular weight excluding hydrogens is 304 g/mol. The van der Waals surface area contributed by atoms with Gasteiger partial charge in [-0.1, -0.05) is 78.1 Å². The first-order chi connectivity index (χ1) is 11.5. The van der Waals surface area contributed by atoms with Gasteiger partial charge in [-0.3, -0.25) is 0 Å². The average molecular weight is 343 g/mol. The minimum Gasteiger partial charge on any atom is -0.465 e. The summed E-state index contributed by atoms with van der Waals surface area (Å²) in [6.45, 7) is 5.72. The van der Waals surface area contributed by atoms with Crippen molar-refractivity contribution in [3.8, 4) is 0 Å². The summed E-state index contributed by atoms with van der Waals surface area (Å²) < 4.78 is 0. The van der Waals surface area contributed by atoms with E-state index in [9.17, 15) is 9.59 Å². The lowest BCUT2D eigenvalue weighted by atomic mass is 10.1. The van der Waals surface area contributed by atoms with Gasteiger partial charge in [-0.25, -0.2) is 14.5 Å². The van der Waals surface area contributed by atoms with Gasteiger partial charge in [0.05, 0.1) is 0 Å². The molecule has 0 aliphatic heterocycles. The maximum Gasteiger partial charge on any atom is 0.415 e. The van der Waals surface area contributed by atoms with Crippen molar-refractivity contribution in [1.82, 2.24) is 9.80 Å². The van der Waals surface area contributed by atoms with E-state index < -0.39 is 6.09 Å². The number of hydrogen-bond donors (Lipinski definition) is 1. The molecule has 1 N–H and O–H groups in total. The van der Waals surface area contributed by atoms with Crippen molar-refractivity contribution in [2.75, 3.05) is 20.1 Å². The van der Waals surface area contributed by atoms with Crippen molar-refractivity contribution >= 4 is 12.1 Å². The number of rotatable bonds is 14. The molecule has 0 aromatic carbocycles. The maximum absolute atomic E-state index is 12.3. The summed E-state index contributed by atoms with van der Waals surface area (Å²) in [5.41, 5.74) is 0. The fourth-order valence-corrected chi connectivity index (χ4v) is 2.76. The molecule has 0 unspecified atom stereocenters. The van der Waals surface area contributed by atoms with E-state index in [1.54, 1.807) is 4.90 Å². The normalized spacial score (nSPS) is 10.6. The minimum absolute atomic E-state index is 0.385. The molecule has 0 atom stereocenters. The Morgan fingerprint density at radius 3 is 1.46 bits per heavy atom. The number of carbonyl (C=O) groups excluding carboxylic acids is 1. The zero-order chi connectivity index (χ0) is 18.2. The summed E-state index contributed by atoms with van der Waals surface area (Å²) in [5.74, 6) is 0. The molecule has 0 fully saturated rings. The van der Waals surface area contributed by atoms with Crippen molar-refractivity contribution in [3.63, 3.8) is 0 Å². The first-order valence-electron chi connectivity index (χ1n) is 9.80. The van der Waals surface area contributed by atoms with Crippen LogP contribution >= 0.6 is 0 Å². The highest BCUT2D eigenvalue weighted by atomic mass is 16.4. The second-order valence-corrected chi connectivity index (χ2v) is 6.65. The molecular formula is C19H38N2O3. The Hall–Kier alpha value is -1.26. The molecule has 142 valence electrons. The highest BCUT2D eigenvalue weighted by Gasteiger charge is 2.21. The molecule has 0 aromatic heterocycles. The maximum atomic E-state index is 12.3. The molecule has 0 heterocycles. The van der Waals surface area contributed by atoms with Crippen molar-refractivity contribution in [2.24, 2.45) is 0 Å². The lowest BCUT2D eigenvalue weighted by Gasteiger charge is -2.26. The summed E-state index contributed by atoms with van der Waals surface area (Å²) in [6.07, 6.45) is 12.8. The summed E-state index contributed by atoms with van der Waals surface area (Å²) in [5, 5.41) is 9.02. The summed E-state index contributed by atoms with van der Waals surface area (Å²) in [4.78, 5) is 25.8. The third kappa shape index (κ3) is 11.3. The van der Waals surface area contributed by atoms with E-state index in [4.69, 9.17) is 5.11 Å². The summed E-state index contributed by atoms with van der Waals surface area (Å²) >= 11 is 0. The van der Waals surface area contributed by atoms with Crippen LogP contribution in [0.4, 0.5) is 9.59 Å². The van der Waals surface area contributed by atoms with Crippen LogP contribution in [-0.4, -0.2) is 47.2 Å². The predicted molar refractivity (Wildman–Crippen MR) is 99.5 cm³/mol. The Kier molecular flexibility index (Phi) is 14.5. The van der Waals surface area contributed by atoms with Crippen LogP contribution in [-0.2, 0) is 0 Å². The van der Waals surface area contributed by atoms with E-state index in [1.807, 2.05) is 0 Å². The molecule has 0 aliphatic carbocycles. The van der Waals surface area contributed by atoms with Crippen LogP contribution in [0.25, 0.3) is 0 Å². The van der Waals surface area contributed by atoms with Crippen LogP contribution < -0.4 is 0 Å². The quantitative estimate of drug-likeness (QED) is 0.409. The molecule has 0 saturated carbocycles. The van der Waals surface area contributed by atoms with Gasteiger partial charge in [0.1, 0.15) is 0 Å². The second-order valence-electron chi connectivity index (χ2n) is 6.65. The van der Waals surface area contributed by atoms with Crippen molar-refractivity contribution in [3.05, 3.63) is 0 Å². The van der Waals surface area contributed by atoms with E-state index in [0.29, 0.717) is 13.1 Å². The third-order valence-corrected chi connectivity index (χ3v) is 4.41. The number of urea groups is 1. The second kappa shape index (κ2) is 15.3. The van der Waals surface area contributed by atoms with Crippen LogP contribution in [0.3, 0.4) is 0 Å². The fourth-order valence-electron chi connectivity index (χ4n) is 2.76. The lowest BCUT2D eigenvalue weighted by Crippen LogP contribution is -2.44. The Balaban J connectivity index is 4.19. The van der Waals surface area contributed by atoms with E-state index >= 15 is 0 Å². The van der Waals surface area contributed by atoms with Crippen molar-refractivity contribution in [2.45, 2.75) is 90.9 Å². The highest BCUT2D eigenvalue weighted by Crippen LogP contribution is 2.10. The standard InChI is InChI=1S/C19H38N2O3/c1-4-6-8-10-12-14-16-21(18(22)20(3)19(23)24)17-15-13-11-9-7-5-2/h4-17H2,1-3H3,(H,23,24). The van der Waals surface area contributed by atoms with Gasteiger partial charge in [0.2, 0.25) is 0 Å². The van der Waals surface area contributed by atoms with Gasteiger partial charge in [0, 0.05) is 20.1 Å². The van der Waals surface area contributed by atoms with Gasteiger partial charge < -0.3 is 10.0 Å². The molecule has 3 amide bonds. The smallest absolute Gasteiger partial charge is 0.415 e. The first kappa shape index (κ1) is 22.7. The average Bonchev–Trinajstić information content (AvgIpc) is 2.57. The van der Waals surface area contributed by atoms with Crippen LogP contribution in [0.5, 0.6) is 0 Å². The van der Waals surface area contributed by atoms with Gasteiger partial charge in [-0.05, 0) is 12.8 Å². The highest BCUT2D eigenvalue weighted by molar-refractivity contribution is 5.89. The van der Waals surface area contributed by atoms with Gasteiger partial charge >= 0.3 is 12.1 Å². The number of unbranched alkanes of at least 4 members (excludes halogenated alkanes) is 10. The van der Waals surface area contributed by atoms with E-state index in [2.05, 4.69) is 13.8 Å². The number of nitrogens with zero attached hydrogens (tertiary/aromatic N) is 2.